The van der Waals surface area contributed by atoms with Crippen LogP contribution in [0.25, 0.3) is 44.4 Å². The number of pyridine rings is 3. The van der Waals surface area contributed by atoms with E-state index in [1.54, 1.807) is 31.7 Å². The Balaban J connectivity index is 1.79. The quantitative estimate of drug-likeness (QED) is 0.342. The summed E-state index contributed by atoms with van der Waals surface area (Å²) in [5.41, 5.74) is 4.08. The van der Waals surface area contributed by atoms with Gasteiger partial charge < -0.3 is 0 Å². The fraction of sp³-hybridized carbons (Fsp3) is 0.130. The second kappa shape index (κ2) is 8.06. The molecule has 5 aromatic rings. The van der Waals surface area contributed by atoms with E-state index in [1.165, 1.54) is 4.57 Å². The Morgan fingerprint density at radius 3 is 2.41 bits per heavy atom. The van der Waals surface area contributed by atoms with E-state index >= 15 is 0 Å². The summed E-state index contributed by atoms with van der Waals surface area (Å²) in [7, 11) is 3.60. The van der Waals surface area contributed by atoms with Gasteiger partial charge in [-0.25, -0.2) is 0 Å². The molecule has 0 saturated heterocycles. The molecule has 0 aliphatic rings. The number of alkyl halides is 3. The molecule has 0 aliphatic carbocycles. The normalized spacial score (nSPS) is 11.9. The zero-order valence-corrected chi connectivity index (χ0v) is 20.0. The zero-order chi connectivity index (χ0) is 24.2. The van der Waals surface area contributed by atoms with Gasteiger partial charge in [-0.1, -0.05) is 0 Å². The molecule has 0 saturated carbocycles. The topological polar surface area (TPSA) is 73.4 Å². The maximum absolute atomic E-state index is 13.0. The maximum atomic E-state index is 13.0. The number of hydrogen-bond acceptors (Lipinski definition) is 3. The predicted octanol–water partition coefficient (Wildman–Crippen LogP) is 4.35. The molecule has 0 radical (unpaired) electrons. The van der Waals surface area contributed by atoms with Gasteiger partial charge in [0.15, 0.2) is 0 Å². The Hall–Kier alpha value is -3.52. The van der Waals surface area contributed by atoms with Gasteiger partial charge in [-0.05, 0) is 0 Å². The summed E-state index contributed by atoms with van der Waals surface area (Å²) in [6, 6.07) is 7.53. The number of H-pyrrole nitrogens is 1. The van der Waals surface area contributed by atoms with E-state index in [-0.39, 0.29) is 15.8 Å². The van der Waals surface area contributed by atoms with Crippen LogP contribution >= 0.6 is 0 Å². The Bertz CT molecular complexity index is 1660. The van der Waals surface area contributed by atoms with Crippen LogP contribution in [0.15, 0.2) is 66.2 Å². The third kappa shape index (κ3) is 3.77. The molecule has 1 N–H and O–H groups in total. The van der Waals surface area contributed by atoms with Crippen molar-refractivity contribution in [1.82, 2.24) is 28.9 Å². The predicted molar refractivity (Wildman–Crippen MR) is 117 cm³/mol. The second-order valence-electron chi connectivity index (χ2n) is 7.86. The number of nitrogens with one attached hydrogen (secondary N) is 1. The first-order chi connectivity index (χ1) is 16.1. The number of nitrogens with zero attached hydrogens (tertiary/aromatic N) is 5. The third-order valence-corrected chi connectivity index (χ3v) is 6.61. The SMILES string of the molecule is Cn1cc(-c2cccnc2)c(-c2cn(C)c(=O)c3[nH]c(-c4cnn(C(F)(F)F)c4)cc23)c[c]1=[Mo]. The average molecular weight is 546 g/mol. The van der Waals surface area contributed by atoms with Gasteiger partial charge in [-0.3, -0.25) is 0 Å². The van der Waals surface area contributed by atoms with E-state index in [0.717, 1.165) is 38.3 Å². The van der Waals surface area contributed by atoms with Gasteiger partial charge in [0.2, 0.25) is 0 Å². The molecule has 0 atom stereocenters. The van der Waals surface area contributed by atoms with E-state index in [4.69, 9.17) is 0 Å². The fourth-order valence-corrected chi connectivity index (χ4v) is 4.33. The van der Waals surface area contributed by atoms with Gasteiger partial charge in [0, 0.05) is 0 Å². The molecule has 0 aromatic carbocycles. The van der Waals surface area contributed by atoms with Crippen LogP contribution in [0.3, 0.4) is 0 Å². The van der Waals surface area contributed by atoms with E-state index in [0.29, 0.717) is 16.6 Å². The van der Waals surface area contributed by atoms with Gasteiger partial charge in [0.05, 0.1) is 0 Å². The summed E-state index contributed by atoms with van der Waals surface area (Å²) in [6.07, 6.45) is 4.60. The number of rotatable bonds is 3. The van der Waals surface area contributed by atoms with Crippen LogP contribution in [0.2, 0.25) is 0 Å². The van der Waals surface area contributed by atoms with Crippen molar-refractivity contribution >= 4 is 10.9 Å². The van der Waals surface area contributed by atoms with Gasteiger partial charge >= 0.3 is 202 Å². The first kappa shape index (κ1) is 22.3. The van der Waals surface area contributed by atoms with Crippen molar-refractivity contribution in [3.8, 4) is 33.5 Å². The Labute approximate surface area is 201 Å². The first-order valence-corrected chi connectivity index (χ1v) is 11.1. The molecule has 7 nitrogen and oxygen atoms in total. The number of aromatic nitrogens is 6. The molecule has 0 bridgehead atoms. The molecule has 5 rings (SSSR count). The van der Waals surface area contributed by atoms with Crippen molar-refractivity contribution in [2.45, 2.75) is 6.30 Å². The Kier molecular flexibility index (Phi) is 5.28. The van der Waals surface area contributed by atoms with Crippen molar-refractivity contribution in [3.63, 3.8) is 0 Å². The van der Waals surface area contributed by atoms with Crippen molar-refractivity contribution in [2.24, 2.45) is 14.1 Å². The molecular weight excluding hydrogens is 529 g/mol. The van der Waals surface area contributed by atoms with E-state index < -0.39 is 6.30 Å². The van der Waals surface area contributed by atoms with E-state index in [1.807, 2.05) is 55.4 Å². The van der Waals surface area contributed by atoms with E-state index in [9.17, 15) is 18.0 Å². The molecule has 34 heavy (non-hydrogen) atoms. The van der Waals surface area contributed by atoms with Gasteiger partial charge in [-0.2, -0.15) is 0 Å². The van der Waals surface area contributed by atoms with Gasteiger partial charge in [0.25, 0.3) is 0 Å². The van der Waals surface area contributed by atoms with Crippen LogP contribution in [-0.4, -0.2) is 28.9 Å². The van der Waals surface area contributed by atoms with Gasteiger partial charge in [-0.15, -0.1) is 0 Å². The van der Waals surface area contributed by atoms with Crippen LogP contribution in [0.4, 0.5) is 13.2 Å². The van der Waals surface area contributed by atoms with Crippen LogP contribution in [-0.2, 0) is 39.7 Å². The summed E-state index contributed by atoms with van der Waals surface area (Å²) in [4.78, 5) is 20.2. The summed E-state index contributed by atoms with van der Waals surface area (Å²) >= 11 is 1.89. The second-order valence-corrected chi connectivity index (χ2v) is 8.89. The summed E-state index contributed by atoms with van der Waals surface area (Å²) < 4.78 is 43.5. The number of fused-ring (bicyclic) bond motifs is 1. The molecular formula is C23H17F3MoN6O. The molecule has 0 spiro atoms. The third-order valence-electron chi connectivity index (χ3n) is 5.61. The van der Waals surface area contributed by atoms with Crippen molar-refractivity contribution in [1.29, 1.82) is 0 Å². The van der Waals surface area contributed by atoms with Crippen molar-refractivity contribution in [2.75, 3.05) is 0 Å². The van der Waals surface area contributed by atoms with Crippen LogP contribution in [0.5, 0.6) is 0 Å². The fourth-order valence-electron chi connectivity index (χ4n) is 3.91. The van der Waals surface area contributed by atoms with Crippen molar-refractivity contribution in [3.05, 3.63) is 75.5 Å². The van der Waals surface area contributed by atoms with Crippen LogP contribution in [0.1, 0.15) is 0 Å². The van der Waals surface area contributed by atoms with Crippen LogP contribution in [0, 0.1) is 3.67 Å². The molecule has 172 valence electrons. The molecule has 0 unspecified atom stereocenters. The minimum absolute atomic E-state index is 0.0613. The minimum atomic E-state index is -4.62. The Morgan fingerprint density at radius 1 is 0.971 bits per heavy atom. The summed E-state index contributed by atoms with van der Waals surface area (Å²) in [6.45, 7) is 0. The molecule has 0 amide bonds. The standard InChI is InChI=1S/C23H17F3N6O.Mo/c1-30-7-5-16(18(12-30)14-4-3-6-27-9-14)19-13-31(2)22(33)21-17(19)8-20(29-21)15-10-28-32(11-15)23(24,25)26;/h3-6,8-13,29H,1-2H3;. The van der Waals surface area contributed by atoms with Gasteiger partial charge in [0.1, 0.15) is 0 Å². The number of hydrogen-bond donors (Lipinski definition) is 1. The molecule has 0 fully saturated rings. The molecule has 5 aromatic heterocycles. The molecule has 11 heteroatoms. The summed E-state index contributed by atoms with van der Waals surface area (Å²) in [5, 5.41) is 4.02. The first-order valence-electron chi connectivity index (χ1n) is 10.1. The number of aromatic amines is 1. The molecule has 0 aliphatic heterocycles. The average Bonchev–Trinajstić information content (AvgIpc) is 3.46. The number of aryl methyl sites for hydroxylation is 2. The van der Waals surface area contributed by atoms with E-state index in [2.05, 4.69) is 15.1 Å². The van der Waals surface area contributed by atoms with Crippen molar-refractivity contribution < 1.29 is 32.5 Å². The summed E-state index contributed by atoms with van der Waals surface area (Å²) in [5.74, 6) is 0. The Morgan fingerprint density at radius 2 is 1.74 bits per heavy atom. The number of halogens is 3. The van der Waals surface area contributed by atoms with Crippen LogP contribution < -0.4 is 5.56 Å². The monoisotopic (exact) mass is 548 g/mol. The zero-order valence-electron chi connectivity index (χ0n) is 18.0. The molecule has 5 heterocycles.